The fourth-order valence-corrected chi connectivity index (χ4v) is 5.08. The highest BCUT2D eigenvalue weighted by Gasteiger charge is 2.27. The van der Waals surface area contributed by atoms with Crippen molar-refractivity contribution in [2.45, 2.75) is 44.2 Å². The maximum absolute atomic E-state index is 13.3. The van der Waals surface area contributed by atoms with Crippen molar-refractivity contribution in [2.75, 3.05) is 7.11 Å². The van der Waals surface area contributed by atoms with Gasteiger partial charge in [-0.15, -0.1) is 0 Å². The molecule has 0 saturated carbocycles. The normalized spacial score (nSPS) is 12.8. The van der Waals surface area contributed by atoms with Crippen molar-refractivity contribution in [3.8, 4) is 5.75 Å². The molecule has 0 heterocycles. The molecule has 33 heavy (non-hydrogen) atoms. The number of sulfonamides is 1. The number of nitrogens with one attached hydrogen (secondary N) is 2. The molecule has 0 aliphatic rings. The van der Waals surface area contributed by atoms with Crippen molar-refractivity contribution in [2.24, 2.45) is 0 Å². The van der Waals surface area contributed by atoms with E-state index < -0.39 is 21.6 Å². The van der Waals surface area contributed by atoms with Gasteiger partial charge in [0, 0.05) is 11.1 Å². The van der Waals surface area contributed by atoms with Gasteiger partial charge in [0.1, 0.15) is 10.6 Å². The Bertz CT molecular complexity index is 1220. The first-order chi connectivity index (χ1) is 15.5. The zero-order chi connectivity index (χ0) is 24.2. The third-order valence-electron chi connectivity index (χ3n) is 4.97. The standard InChI is InChI=1S/C26H30N2O4S/c1-18-11-13-20(14-12-18)24(19-9-7-6-8-10-19)27-25(29)21-15-16-22(32-5)23(17-21)33(30,31)28-26(2,3)4/h6-17,24,28H,1-5H3,(H,27,29). The number of benzene rings is 3. The summed E-state index contributed by atoms with van der Waals surface area (Å²) < 4.78 is 33.8. The first kappa shape index (κ1) is 24.5. The van der Waals surface area contributed by atoms with Crippen LogP contribution in [0.4, 0.5) is 0 Å². The molecule has 0 fully saturated rings. The van der Waals surface area contributed by atoms with E-state index in [0.29, 0.717) is 0 Å². The van der Waals surface area contributed by atoms with Gasteiger partial charge in [0.05, 0.1) is 13.2 Å². The minimum absolute atomic E-state index is 0.0841. The Balaban J connectivity index is 1.98. The van der Waals surface area contributed by atoms with Gasteiger partial charge >= 0.3 is 0 Å². The summed E-state index contributed by atoms with van der Waals surface area (Å²) in [6, 6.07) is 21.6. The van der Waals surface area contributed by atoms with E-state index in [-0.39, 0.29) is 22.1 Å². The third kappa shape index (κ3) is 6.21. The molecule has 0 spiro atoms. The summed E-state index contributed by atoms with van der Waals surface area (Å²) in [6.45, 7) is 7.25. The van der Waals surface area contributed by atoms with Crippen molar-refractivity contribution in [1.82, 2.24) is 10.0 Å². The van der Waals surface area contributed by atoms with Crippen LogP contribution in [0, 0.1) is 6.92 Å². The average molecular weight is 467 g/mol. The molecule has 1 unspecified atom stereocenters. The van der Waals surface area contributed by atoms with Crippen molar-refractivity contribution in [1.29, 1.82) is 0 Å². The second-order valence-electron chi connectivity index (χ2n) is 8.95. The molecule has 0 saturated heterocycles. The molecule has 7 heteroatoms. The van der Waals surface area contributed by atoms with Crippen LogP contribution >= 0.6 is 0 Å². The second kappa shape index (κ2) is 9.77. The maximum Gasteiger partial charge on any atom is 0.252 e. The summed E-state index contributed by atoms with van der Waals surface area (Å²) in [6.07, 6.45) is 0. The Morgan fingerprint density at radius 2 is 1.52 bits per heavy atom. The van der Waals surface area contributed by atoms with Crippen LogP contribution in [0.5, 0.6) is 5.75 Å². The first-order valence-corrected chi connectivity index (χ1v) is 12.1. The molecule has 2 N–H and O–H groups in total. The highest BCUT2D eigenvalue weighted by Crippen LogP contribution is 2.27. The SMILES string of the molecule is COc1ccc(C(=O)NC(c2ccccc2)c2ccc(C)cc2)cc1S(=O)(=O)NC(C)(C)C. The summed E-state index contributed by atoms with van der Waals surface area (Å²) in [7, 11) is -2.51. The van der Waals surface area contributed by atoms with Crippen molar-refractivity contribution in [3.05, 3.63) is 95.1 Å². The molecule has 3 aromatic rings. The lowest BCUT2D eigenvalue weighted by Gasteiger charge is -2.22. The van der Waals surface area contributed by atoms with E-state index in [0.717, 1.165) is 16.7 Å². The summed E-state index contributed by atoms with van der Waals surface area (Å²) in [4.78, 5) is 13.2. The van der Waals surface area contributed by atoms with E-state index in [9.17, 15) is 13.2 Å². The number of carbonyl (C=O) groups is 1. The van der Waals surface area contributed by atoms with Gasteiger partial charge in [0.15, 0.2) is 0 Å². The van der Waals surface area contributed by atoms with Crippen LogP contribution in [-0.4, -0.2) is 27.0 Å². The maximum atomic E-state index is 13.3. The van der Waals surface area contributed by atoms with Crippen molar-refractivity contribution >= 4 is 15.9 Å². The summed E-state index contributed by atoms with van der Waals surface area (Å²) in [5.41, 5.74) is 2.50. The minimum Gasteiger partial charge on any atom is -0.495 e. The average Bonchev–Trinajstić information content (AvgIpc) is 2.76. The van der Waals surface area contributed by atoms with Crippen LogP contribution < -0.4 is 14.8 Å². The van der Waals surface area contributed by atoms with Crippen LogP contribution in [0.3, 0.4) is 0 Å². The van der Waals surface area contributed by atoms with Crippen LogP contribution in [-0.2, 0) is 10.0 Å². The number of amides is 1. The Hall–Kier alpha value is -3.16. The molecule has 0 aliphatic carbocycles. The topological polar surface area (TPSA) is 84.5 Å². The molecule has 0 aromatic heterocycles. The second-order valence-corrected chi connectivity index (χ2v) is 10.6. The van der Waals surface area contributed by atoms with Gasteiger partial charge in [0.25, 0.3) is 5.91 Å². The third-order valence-corrected chi connectivity index (χ3v) is 6.75. The quantitative estimate of drug-likeness (QED) is 0.533. The summed E-state index contributed by atoms with van der Waals surface area (Å²) >= 11 is 0. The molecule has 0 aliphatic heterocycles. The monoisotopic (exact) mass is 466 g/mol. The minimum atomic E-state index is -3.91. The smallest absolute Gasteiger partial charge is 0.252 e. The Kier molecular flexibility index (Phi) is 7.25. The highest BCUT2D eigenvalue weighted by atomic mass is 32.2. The lowest BCUT2D eigenvalue weighted by atomic mass is 9.97. The lowest BCUT2D eigenvalue weighted by Crippen LogP contribution is -2.40. The number of rotatable bonds is 7. The number of hydrogen-bond donors (Lipinski definition) is 2. The van der Waals surface area contributed by atoms with Gasteiger partial charge in [-0.25, -0.2) is 13.1 Å². The van der Waals surface area contributed by atoms with Gasteiger partial charge in [0.2, 0.25) is 10.0 Å². The van der Waals surface area contributed by atoms with E-state index in [1.54, 1.807) is 26.8 Å². The van der Waals surface area contributed by atoms with E-state index in [1.807, 2.05) is 61.5 Å². The van der Waals surface area contributed by atoms with Gasteiger partial charge in [-0.2, -0.15) is 0 Å². The summed E-state index contributed by atoms with van der Waals surface area (Å²) in [5, 5.41) is 3.05. The Morgan fingerprint density at radius 3 is 2.09 bits per heavy atom. The van der Waals surface area contributed by atoms with E-state index in [4.69, 9.17) is 4.74 Å². The van der Waals surface area contributed by atoms with Crippen LogP contribution in [0.25, 0.3) is 0 Å². The molecule has 174 valence electrons. The van der Waals surface area contributed by atoms with Crippen LogP contribution in [0.15, 0.2) is 77.7 Å². The molecule has 0 radical (unpaired) electrons. The van der Waals surface area contributed by atoms with E-state index in [1.165, 1.54) is 19.2 Å². The van der Waals surface area contributed by atoms with Crippen LogP contribution in [0.1, 0.15) is 53.9 Å². The fourth-order valence-electron chi connectivity index (χ4n) is 3.46. The molecule has 3 rings (SSSR count). The zero-order valence-corrected chi connectivity index (χ0v) is 20.4. The van der Waals surface area contributed by atoms with Crippen molar-refractivity contribution < 1.29 is 17.9 Å². The molecule has 6 nitrogen and oxygen atoms in total. The molecule has 3 aromatic carbocycles. The molecular weight excluding hydrogens is 436 g/mol. The van der Waals surface area contributed by atoms with Gasteiger partial charge in [-0.3, -0.25) is 4.79 Å². The van der Waals surface area contributed by atoms with Gasteiger partial charge < -0.3 is 10.1 Å². The number of ether oxygens (including phenoxy) is 1. The number of methoxy groups -OCH3 is 1. The fraction of sp³-hybridized carbons (Fsp3) is 0.269. The number of aryl methyl sites for hydroxylation is 1. The number of carbonyl (C=O) groups excluding carboxylic acids is 1. The highest BCUT2D eigenvalue weighted by molar-refractivity contribution is 7.89. The van der Waals surface area contributed by atoms with Crippen molar-refractivity contribution in [3.63, 3.8) is 0 Å². The summed E-state index contributed by atoms with van der Waals surface area (Å²) in [5.74, 6) is -0.222. The molecule has 1 amide bonds. The van der Waals surface area contributed by atoms with Gasteiger partial charge in [-0.1, -0.05) is 60.2 Å². The van der Waals surface area contributed by atoms with E-state index >= 15 is 0 Å². The van der Waals surface area contributed by atoms with Gasteiger partial charge in [-0.05, 0) is 57.0 Å². The molecule has 1 atom stereocenters. The lowest BCUT2D eigenvalue weighted by molar-refractivity contribution is 0.0942. The largest absolute Gasteiger partial charge is 0.495 e. The molecule has 0 bridgehead atoms. The molecular formula is C26H30N2O4S. The first-order valence-electron chi connectivity index (χ1n) is 10.6. The predicted molar refractivity (Wildman–Crippen MR) is 130 cm³/mol. The van der Waals surface area contributed by atoms with Crippen LogP contribution in [0.2, 0.25) is 0 Å². The van der Waals surface area contributed by atoms with E-state index in [2.05, 4.69) is 10.0 Å². The zero-order valence-electron chi connectivity index (χ0n) is 19.5. The number of hydrogen-bond acceptors (Lipinski definition) is 4. The Morgan fingerprint density at radius 1 is 0.909 bits per heavy atom. The Labute approximate surface area is 196 Å². The predicted octanol–water partition coefficient (Wildman–Crippen LogP) is 4.60.